The number of benzene rings is 1. The molecular formula is C13H8N2O2S. The zero-order valence-electron chi connectivity index (χ0n) is 9.24. The minimum atomic E-state index is -0.443. The third-order valence-electron chi connectivity index (χ3n) is 2.38. The summed E-state index contributed by atoms with van der Waals surface area (Å²) >= 11 is 1.47. The second-order valence-electron chi connectivity index (χ2n) is 3.62. The van der Waals surface area contributed by atoms with Crippen LogP contribution in [0.2, 0.25) is 0 Å². The Kier molecular flexibility index (Phi) is 2.74. The Hall–Kier alpha value is -2.27. The number of esters is 1. The molecule has 1 aliphatic heterocycles. The van der Waals surface area contributed by atoms with E-state index < -0.39 is 5.97 Å². The smallest absolute Gasteiger partial charge is 0.363 e. The number of thiazole rings is 1. The molecule has 0 saturated carbocycles. The summed E-state index contributed by atoms with van der Waals surface area (Å²) in [5.41, 5.74) is 3.48. The van der Waals surface area contributed by atoms with Crippen molar-refractivity contribution in [1.82, 2.24) is 4.98 Å². The van der Waals surface area contributed by atoms with Gasteiger partial charge in [0, 0.05) is 10.9 Å². The normalized spacial score (nSPS) is 16.8. The maximum Gasteiger partial charge on any atom is 0.363 e. The molecule has 4 nitrogen and oxygen atoms in total. The highest BCUT2D eigenvalue weighted by Crippen LogP contribution is 2.18. The predicted molar refractivity (Wildman–Crippen MR) is 69.2 cm³/mol. The molecule has 0 N–H and O–H groups in total. The van der Waals surface area contributed by atoms with Crippen molar-refractivity contribution in [1.29, 1.82) is 0 Å². The number of aromatic nitrogens is 1. The number of nitrogens with zero attached hydrogens (tertiary/aromatic N) is 2. The van der Waals surface area contributed by atoms with Crippen molar-refractivity contribution in [2.75, 3.05) is 0 Å². The monoisotopic (exact) mass is 256 g/mol. The minimum Gasteiger partial charge on any atom is -0.402 e. The van der Waals surface area contributed by atoms with E-state index in [0.717, 1.165) is 5.56 Å². The number of hydrogen-bond donors (Lipinski definition) is 0. The Morgan fingerprint density at radius 3 is 2.78 bits per heavy atom. The van der Waals surface area contributed by atoms with Gasteiger partial charge in [0.05, 0.1) is 11.2 Å². The van der Waals surface area contributed by atoms with Crippen LogP contribution in [-0.2, 0) is 9.53 Å². The van der Waals surface area contributed by atoms with Gasteiger partial charge in [-0.2, -0.15) is 0 Å². The minimum absolute atomic E-state index is 0.278. The summed E-state index contributed by atoms with van der Waals surface area (Å²) in [4.78, 5) is 19.9. The average Bonchev–Trinajstić information content (AvgIpc) is 3.02. The molecule has 0 unspecified atom stereocenters. The van der Waals surface area contributed by atoms with Crippen LogP contribution in [0.15, 0.2) is 51.9 Å². The van der Waals surface area contributed by atoms with E-state index in [0.29, 0.717) is 11.6 Å². The Labute approximate surface area is 107 Å². The molecule has 0 fully saturated rings. The lowest BCUT2D eigenvalue weighted by Crippen LogP contribution is -2.04. The first-order chi connectivity index (χ1) is 8.83. The molecule has 1 aromatic heterocycles. The molecule has 5 heteroatoms. The topological polar surface area (TPSA) is 51.5 Å². The maximum atomic E-state index is 11.7. The van der Waals surface area contributed by atoms with E-state index in [9.17, 15) is 4.79 Å². The highest BCUT2D eigenvalue weighted by atomic mass is 32.1. The first kappa shape index (κ1) is 10.9. The first-order valence-corrected chi connectivity index (χ1v) is 6.23. The quantitative estimate of drug-likeness (QED) is 0.612. The summed E-state index contributed by atoms with van der Waals surface area (Å²) in [6.45, 7) is 0. The van der Waals surface area contributed by atoms with Gasteiger partial charge in [0.1, 0.15) is 0 Å². The second kappa shape index (κ2) is 4.54. The molecule has 2 heterocycles. The Morgan fingerprint density at radius 2 is 2.06 bits per heavy atom. The number of ether oxygens (including phenoxy) is 1. The van der Waals surface area contributed by atoms with Gasteiger partial charge >= 0.3 is 5.97 Å². The third-order valence-corrected chi connectivity index (χ3v) is 2.98. The van der Waals surface area contributed by atoms with Crippen molar-refractivity contribution in [3.63, 3.8) is 0 Å². The number of hydrogen-bond acceptors (Lipinski definition) is 5. The van der Waals surface area contributed by atoms with E-state index in [4.69, 9.17) is 4.74 Å². The van der Waals surface area contributed by atoms with Gasteiger partial charge in [-0.05, 0) is 18.2 Å². The SMILES string of the molecule is O=C1OC(c2ccccc2)=N/C1=C\c1cscn1. The molecule has 0 radical (unpaired) electrons. The van der Waals surface area contributed by atoms with Gasteiger partial charge in [0.2, 0.25) is 5.90 Å². The van der Waals surface area contributed by atoms with Crippen molar-refractivity contribution in [3.05, 3.63) is 58.2 Å². The summed E-state index contributed by atoms with van der Waals surface area (Å²) in [6, 6.07) is 9.32. The van der Waals surface area contributed by atoms with Crippen molar-refractivity contribution < 1.29 is 9.53 Å². The molecule has 0 amide bonds. The number of carbonyl (C=O) groups excluding carboxylic acids is 1. The third kappa shape index (κ3) is 2.08. The maximum absolute atomic E-state index is 11.7. The van der Waals surface area contributed by atoms with Crippen LogP contribution in [0.4, 0.5) is 0 Å². The lowest BCUT2D eigenvalue weighted by molar-refractivity contribution is -0.129. The van der Waals surface area contributed by atoms with E-state index in [1.807, 2.05) is 35.7 Å². The van der Waals surface area contributed by atoms with Crippen LogP contribution in [-0.4, -0.2) is 16.9 Å². The zero-order valence-corrected chi connectivity index (χ0v) is 10.1. The summed E-state index contributed by atoms with van der Waals surface area (Å²) in [6.07, 6.45) is 1.62. The van der Waals surface area contributed by atoms with Crippen LogP contribution in [0.25, 0.3) is 6.08 Å². The van der Waals surface area contributed by atoms with Crippen LogP contribution in [0.5, 0.6) is 0 Å². The van der Waals surface area contributed by atoms with Crippen molar-refractivity contribution >= 4 is 29.3 Å². The Balaban J connectivity index is 1.95. The second-order valence-corrected chi connectivity index (χ2v) is 4.33. The molecule has 0 bridgehead atoms. The zero-order chi connectivity index (χ0) is 12.4. The number of cyclic esters (lactones) is 1. The molecule has 1 aromatic carbocycles. The van der Waals surface area contributed by atoms with Gasteiger partial charge in [-0.3, -0.25) is 0 Å². The average molecular weight is 256 g/mol. The largest absolute Gasteiger partial charge is 0.402 e. The van der Waals surface area contributed by atoms with Crippen molar-refractivity contribution in [3.8, 4) is 0 Å². The van der Waals surface area contributed by atoms with Crippen molar-refractivity contribution in [2.45, 2.75) is 0 Å². The lowest BCUT2D eigenvalue weighted by atomic mass is 10.2. The molecule has 0 aliphatic carbocycles. The first-order valence-electron chi connectivity index (χ1n) is 5.29. The van der Waals surface area contributed by atoms with Crippen molar-refractivity contribution in [2.24, 2.45) is 4.99 Å². The lowest BCUT2D eigenvalue weighted by Gasteiger charge is -1.97. The van der Waals surface area contributed by atoms with Gasteiger partial charge in [-0.15, -0.1) is 11.3 Å². The standard InChI is InChI=1S/C13H8N2O2S/c16-13-11(6-10-7-18-8-14-10)15-12(17-13)9-4-2-1-3-5-9/h1-8H/b11-6-. The predicted octanol–water partition coefficient (Wildman–Crippen LogP) is 2.49. The van der Waals surface area contributed by atoms with Gasteiger partial charge in [0.25, 0.3) is 0 Å². The molecule has 2 aromatic rings. The fourth-order valence-corrected chi connectivity index (χ4v) is 2.06. The molecule has 0 spiro atoms. The summed E-state index contributed by atoms with van der Waals surface area (Å²) in [5.74, 6) is -0.107. The molecule has 1 aliphatic rings. The van der Waals surface area contributed by atoms with E-state index in [1.54, 1.807) is 11.6 Å². The highest BCUT2D eigenvalue weighted by Gasteiger charge is 2.23. The van der Waals surface area contributed by atoms with Crippen LogP contribution >= 0.6 is 11.3 Å². The van der Waals surface area contributed by atoms with E-state index in [2.05, 4.69) is 9.98 Å². The summed E-state index contributed by atoms with van der Waals surface area (Å²) in [7, 11) is 0. The Morgan fingerprint density at radius 1 is 1.22 bits per heavy atom. The number of rotatable bonds is 2. The number of aliphatic imine (C=N–C) groups is 1. The van der Waals surface area contributed by atoms with E-state index >= 15 is 0 Å². The highest BCUT2D eigenvalue weighted by molar-refractivity contribution is 7.07. The van der Waals surface area contributed by atoms with Gasteiger partial charge in [0.15, 0.2) is 5.70 Å². The number of carbonyl (C=O) groups is 1. The van der Waals surface area contributed by atoms with Crippen LogP contribution < -0.4 is 0 Å². The van der Waals surface area contributed by atoms with Gasteiger partial charge < -0.3 is 4.74 Å². The molecule has 0 atom stereocenters. The Bertz CT molecular complexity index is 630. The van der Waals surface area contributed by atoms with Gasteiger partial charge in [-0.25, -0.2) is 14.8 Å². The summed E-state index contributed by atoms with van der Waals surface area (Å²) in [5, 5.41) is 1.84. The fourth-order valence-electron chi connectivity index (χ4n) is 1.55. The van der Waals surface area contributed by atoms with Crippen LogP contribution in [0, 0.1) is 0 Å². The van der Waals surface area contributed by atoms with E-state index in [-0.39, 0.29) is 5.70 Å². The van der Waals surface area contributed by atoms with E-state index in [1.165, 1.54) is 11.3 Å². The molecule has 18 heavy (non-hydrogen) atoms. The molecular weight excluding hydrogens is 248 g/mol. The van der Waals surface area contributed by atoms with Crippen LogP contribution in [0.3, 0.4) is 0 Å². The fraction of sp³-hybridized carbons (Fsp3) is 0. The molecule has 88 valence electrons. The van der Waals surface area contributed by atoms with Crippen LogP contribution in [0.1, 0.15) is 11.3 Å². The summed E-state index contributed by atoms with van der Waals surface area (Å²) < 4.78 is 5.13. The molecule has 0 saturated heterocycles. The van der Waals surface area contributed by atoms with Gasteiger partial charge in [-0.1, -0.05) is 18.2 Å². The molecule has 3 rings (SSSR count).